The maximum Gasteiger partial charge on any atom is 0.106 e. The molecule has 0 radical (unpaired) electrons. The Kier molecular flexibility index (Phi) is 5.73. The van der Waals surface area contributed by atoms with Gasteiger partial charge in [-0.2, -0.15) is 0 Å². The van der Waals surface area contributed by atoms with Crippen molar-refractivity contribution in [1.29, 1.82) is 0 Å². The lowest BCUT2D eigenvalue weighted by Gasteiger charge is -2.27. The predicted molar refractivity (Wildman–Crippen MR) is 72.7 cm³/mol. The van der Waals surface area contributed by atoms with E-state index in [0.717, 1.165) is 4.60 Å². The van der Waals surface area contributed by atoms with Gasteiger partial charge in [-0.25, -0.2) is 4.98 Å². The highest BCUT2D eigenvalue weighted by atomic mass is 79.9. The van der Waals surface area contributed by atoms with E-state index in [-0.39, 0.29) is 18.4 Å². The number of pyridine rings is 1. The molecule has 0 aliphatic heterocycles. The zero-order valence-electron chi connectivity index (χ0n) is 9.23. The molecule has 16 heavy (non-hydrogen) atoms. The van der Waals surface area contributed by atoms with Crippen LogP contribution in [-0.2, 0) is 0 Å². The summed E-state index contributed by atoms with van der Waals surface area (Å²) >= 11 is 3.39. The molecule has 1 fully saturated rings. The molecule has 1 heterocycles. The standard InChI is InChI=1S/C12H17BrN2.ClH/c13-11-8-10(6-7-15-11)12(14)9-4-2-1-3-5-9;/h6-9,12H,1-5,14H2;1H/t12-;/m0./s1. The molecule has 0 amide bonds. The zero-order valence-corrected chi connectivity index (χ0v) is 11.6. The highest BCUT2D eigenvalue weighted by Crippen LogP contribution is 2.33. The Morgan fingerprint density at radius 1 is 1.31 bits per heavy atom. The molecule has 1 atom stereocenters. The van der Waals surface area contributed by atoms with E-state index in [0.29, 0.717) is 5.92 Å². The van der Waals surface area contributed by atoms with Gasteiger partial charge < -0.3 is 5.73 Å². The lowest BCUT2D eigenvalue weighted by Crippen LogP contribution is -2.23. The third-order valence-corrected chi connectivity index (χ3v) is 3.73. The molecule has 1 saturated carbocycles. The summed E-state index contributed by atoms with van der Waals surface area (Å²) in [6.45, 7) is 0. The summed E-state index contributed by atoms with van der Waals surface area (Å²) in [6.07, 6.45) is 8.43. The summed E-state index contributed by atoms with van der Waals surface area (Å²) < 4.78 is 0.881. The second kappa shape index (κ2) is 6.58. The van der Waals surface area contributed by atoms with Crippen LogP contribution in [0.15, 0.2) is 22.9 Å². The van der Waals surface area contributed by atoms with Crippen LogP contribution in [0.25, 0.3) is 0 Å². The maximum absolute atomic E-state index is 6.29. The number of aromatic nitrogens is 1. The molecule has 2 nitrogen and oxygen atoms in total. The number of rotatable bonds is 2. The molecular weight excluding hydrogens is 288 g/mol. The smallest absolute Gasteiger partial charge is 0.106 e. The van der Waals surface area contributed by atoms with E-state index in [2.05, 4.69) is 20.9 Å². The number of nitrogens with two attached hydrogens (primary N) is 1. The monoisotopic (exact) mass is 304 g/mol. The Morgan fingerprint density at radius 2 is 2.00 bits per heavy atom. The Labute approximate surface area is 112 Å². The van der Waals surface area contributed by atoms with Crippen LogP contribution in [0.3, 0.4) is 0 Å². The van der Waals surface area contributed by atoms with Gasteiger partial charge in [0, 0.05) is 12.2 Å². The summed E-state index contributed by atoms with van der Waals surface area (Å²) in [5.41, 5.74) is 7.50. The second-order valence-electron chi connectivity index (χ2n) is 4.34. The quantitative estimate of drug-likeness (QED) is 0.843. The molecule has 0 spiro atoms. The van der Waals surface area contributed by atoms with E-state index >= 15 is 0 Å². The van der Waals surface area contributed by atoms with Gasteiger partial charge in [0.25, 0.3) is 0 Å². The van der Waals surface area contributed by atoms with Crippen molar-refractivity contribution in [2.24, 2.45) is 11.7 Å². The molecule has 0 unspecified atom stereocenters. The highest BCUT2D eigenvalue weighted by Gasteiger charge is 2.21. The molecule has 0 bridgehead atoms. The Bertz CT molecular complexity index is 327. The first-order chi connectivity index (χ1) is 7.27. The van der Waals surface area contributed by atoms with Gasteiger partial charge in [-0.15, -0.1) is 12.4 Å². The fraction of sp³-hybridized carbons (Fsp3) is 0.583. The molecule has 90 valence electrons. The van der Waals surface area contributed by atoms with Crippen LogP contribution in [0.2, 0.25) is 0 Å². The van der Waals surface area contributed by atoms with Gasteiger partial charge in [-0.05, 0) is 52.4 Å². The van der Waals surface area contributed by atoms with Crippen molar-refractivity contribution in [2.75, 3.05) is 0 Å². The van der Waals surface area contributed by atoms with E-state index in [1.54, 1.807) is 0 Å². The topological polar surface area (TPSA) is 38.9 Å². The third kappa shape index (κ3) is 3.44. The first-order valence-corrected chi connectivity index (χ1v) is 6.43. The molecule has 0 aromatic carbocycles. The number of nitrogens with zero attached hydrogens (tertiary/aromatic N) is 1. The van der Waals surface area contributed by atoms with Crippen molar-refractivity contribution in [3.63, 3.8) is 0 Å². The van der Waals surface area contributed by atoms with Crippen molar-refractivity contribution < 1.29 is 0 Å². The molecule has 2 N–H and O–H groups in total. The Balaban J connectivity index is 0.00000128. The molecule has 1 aliphatic rings. The Morgan fingerprint density at radius 3 is 2.62 bits per heavy atom. The van der Waals surface area contributed by atoms with Gasteiger partial charge in [-0.1, -0.05) is 19.3 Å². The summed E-state index contributed by atoms with van der Waals surface area (Å²) in [5, 5.41) is 0. The first-order valence-electron chi connectivity index (χ1n) is 5.64. The number of halogens is 2. The minimum absolute atomic E-state index is 0. The van der Waals surface area contributed by atoms with Gasteiger partial charge in [0.2, 0.25) is 0 Å². The minimum Gasteiger partial charge on any atom is -0.324 e. The second-order valence-corrected chi connectivity index (χ2v) is 5.15. The van der Waals surface area contributed by atoms with E-state index < -0.39 is 0 Å². The normalized spacial score (nSPS) is 18.9. The summed E-state index contributed by atoms with van der Waals surface area (Å²) in [4.78, 5) is 4.13. The maximum atomic E-state index is 6.29. The van der Waals surface area contributed by atoms with Gasteiger partial charge in [-0.3, -0.25) is 0 Å². The van der Waals surface area contributed by atoms with Gasteiger partial charge in [0.05, 0.1) is 0 Å². The molecule has 2 rings (SSSR count). The Hall–Kier alpha value is -0.120. The summed E-state index contributed by atoms with van der Waals surface area (Å²) in [5.74, 6) is 0.660. The number of hydrogen-bond donors (Lipinski definition) is 1. The van der Waals surface area contributed by atoms with Crippen molar-refractivity contribution in [3.8, 4) is 0 Å². The number of hydrogen-bond acceptors (Lipinski definition) is 2. The van der Waals surface area contributed by atoms with Crippen LogP contribution in [0, 0.1) is 5.92 Å². The average Bonchev–Trinajstić information content (AvgIpc) is 2.29. The van der Waals surface area contributed by atoms with Crippen LogP contribution in [-0.4, -0.2) is 4.98 Å². The van der Waals surface area contributed by atoms with Crippen molar-refractivity contribution in [2.45, 2.75) is 38.1 Å². The predicted octanol–water partition coefficient (Wildman–Crippen LogP) is 3.85. The van der Waals surface area contributed by atoms with Crippen LogP contribution in [0.5, 0.6) is 0 Å². The molecule has 1 aliphatic carbocycles. The zero-order chi connectivity index (χ0) is 10.7. The van der Waals surface area contributed by atoms with Crippen molar-refractivity contribution in [3.05, 3.63) is 28.5 Å². The van der Waals surface area contributed by atoms with Crippen LogP contribution >= 0.6 is 28.3 Å². The lowest BCUT2D eigenvalue weighted by molar-refractivity contribution is 0.308. The molecule has 1 aromatic heterocycles. The van der Waals surface area contributed by atoms with E-state index in [9.17, 15) is 0 Å². The SMILES string of the molecule is Cl.N[C@H](c1ccnc(Br)c1)C1CCCCC1. The van der Waals surface area contributed by atoms with E-state index in [4.69, 9.17) is 5.73 Å². The average molecular weight is 306 g/mol. The van der Waals surface area contributed by atoms with Gasteiger partial charge in [0.1, 0.15) is 4.60 Å². The van der Waals surface area contributed by atoms with Crippen LogP contribution < -0.4 is 5.73 Å². The lowest BCUT2D eigenvalue weighted by atomic mass is 9.82. The van der Waals surface area contributed by atoms with Crippen molar-refractivity contribution in [1.82, 2.24) is 4.98 Å². The molecule has 1 aromatic rings. The van der Waals surface area contributed by atoms with Gasteiger partial charge in [0.15, 0.2) is 0 Å². The highest BCUT2D eigenvalue weighted by molar-refractivity contribution is 9.10. The fourth-order valence-electron chi connectivity index (χ4n) is 2.39. The first kappa shape index (κ1) is 13.9. The van der Waals surface area contributed by atoms with E-state index in [1.165, 1.54) is 37.7 Å². The molecule has 0 saturated heterocycles. The molecule has 4 heteroatoms. The third-order valence-electron chi connectivity index (χ3n) is 3.29. The van der Waals surface area contributed by atoms with Crippen LogP contribution in [0.4, 0.5) is 0 Å². The molecular formula is C12H18BrClN2. The fourth-order valence-corrected chi connectivity index (χ4v) is 2.77. The van der Waals surface area contributed by atoms with Crippen LogP contribution in [0.1, 0.15) is 43.7 Å². The summed E-state index contributed by atoms with van der Waals surface area (Å²) in [7, 11) is 0. The minimum atomic E-state index is 0. The van der Waals surface area contributed by atoms with Gasteiger partial charge >= 0.3 is 0 Å². The van der Waals surface area contributed by atoms with E-state index in [1.807, 2.05) is 18.3 Å². The summed E-state index contributed by atoms with van der Waals surface area (Å²) in [6, 6.07) is 4.26. The largest absolute Gasteiger partial charge is 0.324 e. The van der Waals surface area contributed by atoms with Crippen molar-refractivity contribution >= 4 is 28.3 Å².